The molecule has 1 saturated carbocycles. The van der Waals surface area contributed by atoms with Crippen molar-refractivity contribution in [2.75, 3.05) is 4.31 Å². The highest BCUT2D eigenvalue weighted by Gasteiger charge is 2.71. The molecule has 248 valence electrons. The Morgan fingerprint density at radius 3 is 1.98 bits per heavy atom. The Morgan fingerprint density at radius 1 is 0.804 bits per heavy atom. The minimum Gasteiger partial charge on any atom is -0.369 e. The number of benzene rings is 3. The molecule has 3 aromatic rings. The summed E-state index contributed by atoms with van der Waals surface area (Å²) in [6.45, 7) is 0. The number of nitrogens with zero attached hydrogens (tertiary/aromatic N) is 1. The molecule has 1 aliphatic carbocycles. The van der Waals surface area contributed by atoms with Crippen molar-refractivity contribution < 1.29 is 53.4 Å². The SMILES string of the molecule is O=C(C[C@@H]1CCC[C@H]1c1ccc(F)cc1)C[C@@H]1CCc2cc(C(O)(C(F)(F)F)C(F)(F)F)ccc2N1S(=O)(=O)c1ccc(F)cc1. The van der Waals surface area contributed by atoms with Crippen LogP contribution < -0.4 is 4.31 Å². The van der Waals surface area contributed by atoms with E-state index in [1.807, 2.05) is 0 Å². The molecule has 3 aromatic carbocycles. The summed E-state index contributed by atoms with van der Waals surface area (Å²) < 4.78 is 137. The number of rotatable bonds is 8. The first-order valence-electron chi connectivity index (χ1n) is 14.5. The van der Waals surface area contributed by atoms with Crippen LogP contribution in [0.5, 0.6) is 0 Å². The molecule has 0 spiro atoms. The molecule has 2 aliphatic rings. The van der Waals surface area contributed by atoms with Crippen molar-refractivity contribution in [2.45, 2.75) is 79.8 Å². The van der Waals surface area contributed by atoms with Gasteiger partial charge in [-0.25, -0.2) is 17.2 Å². The summed E-state index contributed by atoms with van der Waals surface area (Å²) in [6.07, 6.45) is -10.5. The van der Waals surface area contributed by atoms with E-state index in [9.17, 15) is 53.4 Å². The number of aryl methyl sites for hydroxylation is 1. The monoisotopic (exact) mass is 675 g/mol. The first kappa shape index (κ1) is 33.8. The van der Waals surface area contributed by atoms with Gasteiger partial charge in [-0.1, -0.05) is 30.7 Å². The Morgan fingerprint density at radius 2 is 1.39 bits per heavy atom. The summed E-state index contributed by atoms with van der Waals surface area (Å²) in [4.78, 5) is 13.1. The van der Waals surface area contributed by atoms with E-state index in [-0.39, 0.29) is 54.6 Å². The number of hydrogen-bond acceptors (Lipinski definition) is 4. The number of Topliss-reactive ketones (excluding diaryl/α,β-unsaturated/α-hetero) is 1. The minimum absolute atomic E-state index is 0.0184. The van der Waals surface area contributed by atoms with Gasteiger partial charge in [-0.15, -0.1) is 0 Å². The van der Waals surface area contributed by atoms with E-state index in [1.54, 1.807) is 12.1 Å². The molecule has 1 aliphatic heterocycles. The van der Waals surface area contributed by atoms with Crippen molar-refractivity contribution >= 4 is 21.5 Å². The molecule has 0 bridgehead atoms. The maximum Gasteiger partial charge on any atom is 0.430 e. The molecule has 3 atom stereocenters. The summed E-state index contributed by atoms with van der Waals surface area (Å²) >= 11 is 0. The molecule has 0 unspecified atom stereocenters. The van der Waals surface area contributed by atoms with E-state index in [0.717, 1.165) is 53.0 Å². The molecule has 5 nitrogen and oxygen atoms in total. The highest BCUT2D eigenvalue weighted by Crippen LogP contribution is 2.51. The zero-order valence-electron chi connectivity index (χ0n) is 24.1. The van der Waals surface area contributed by atoms with Crippen LogP contribution in [-0.4, -0.2) is 37.7 Å². The predicted octanol–water partition coefficient (Wildman–Crippen LogP) is 7.72. The molecule has 5 rings (SSSR count). The number of sulfonamides is 1. The molecule has 46 heavy (non-hydrogen) atoms. The number of carbonyl (C=O) groups excluding carboxylic acids is 1. The maximum absolute atomic E-state index is 13.9. The maximum atomic E-state index is 13.9. The second kappa shape index (κ2) is 12.3. The fourth-order valence-corrected chi connectivity index (χ4v) is 8.37. The number of carbonyl (C=O) groups is 1. The van der Waals surface area contributed by atoms with Gasteiger partial charge < -0.3 is 5.11 Å². The van der Waals surface area contributed by atoms with Gasteiger partial charge in [0.05, 0.1) is 16.6 Å². The Balaban J connectivity index is 1.49. The topological polar surface area (TPSA) is 74.7 Å². The van der Waals surface area contributed by atoms with Crippen molar-refractivity contribution in [3.8, 4) is 0 Å². The Labute approximate surface area is 259 Å². The van der Waals surface area contributed by atoms with Gasteiger partial charge in [-0.05, 0) is 91.1 Å². The van der Waals surface area contributed by atoms with Crippen LogP contribution in [0.4, 0.5) is 40.8 Å². The number of anilines is 1. The van der Waals surface area contributed by atoms with Crippen molar-refractivity contribution in [1.29, 1.82) is 0 Å². The van der Waals surface area contributed by atoms with Gasteiger partial charge in [0.1, 0.15) is 17.4 Å². The fourth-order valence-electron chi connectivity index (χ4n) is 6.65. The Bertz CT molecular complexity index is 1670. The van der Waals surface area contributed by atoms with Gasteiger partial charge in [-0.3, -0.25) is 9.10 Å². The third-order valence-electron chi connectivity index (χ3n) is 8.91. The van der Waals surface area contributed by atoms with Crippen molar-refractivity contribution in [2.24, 2.45) is 5.92 Å². The first-order valence-corrected chi connectivity index (χ1v) is 15.9. The minimum atomic E-state index is -6.14. The first-order chi connectivity index (χ1) is 21.4. The molecule has 0 radical (unpaired) electrons. The number of halogens is 8. The van der Waals surface area contributed by atoms with Crippen molar-refractivity contribution in [3.05, 3.63) is 95.1 Å². The third-order valence-corrected chi connectivity index (χ3v) is 10.8. The lowest BCUT2D eigenvalue weighted by molar-refractivity contribution is -0.376. The van der Waals surface area contributed by atoms with E-state index in [0.29, 0.717) is 18.6 Å². The number of ketones is 1. The third kappa shape index (κ3) is 6.25. The summed E-state index contributed by atoms with van der Waals surface area (Å²) in [5.41, 5.74) is -6.35. The molecule has 0 aromatic heterocycles. The van der Waals surface area contributed by atoms with Crippen LogP contribution in [0.2, 0.25) is 0 Å². The number of aliphatic hydroxyl groups is 1. The van der Waals surface area contributed by atoms with Gasteiger partial charge in [0.15, 0.2) is 0 Å². The number of alkyl halides is 6. The Kier molecular flexibility index (Phi) is 9.01. The van der Waals surface area contributed by atoms with Crippen LogP contribution in [0.3, 0.4) is 0 Å². The smallest absolute Gasteiger partial charge is 0.369 e. The van der Waals surface area contributed by atoms with E-state index in [1.165, 1.54) is 12.1 Å². The average molecular weight is 676 g/mol. The molecule has 1 N–H and O–H groups in total. The van der Waals surface area contributed by atoms with E-state index in [2.05, 4.69) is 0 Å². The highest BCUT2D eigenvalue weighted by molar-refractivity contribution is 7.92. The quantitative estimate of drug-likeness (QED) is 0.248. The lowest BCUT2D eigenvalue weighted by atomic mass is 9.84. The lowest BCUT2D eigenvalue weighted by Crippen LogP contribution is -2.54. The van der Waals surface area contributed by atoms with Crippen LogP contribution in [0.15, 0.2) is 71.6 Å². The van der Waals surface area contributed by atoms with E-state index in [4.69, 9.17) is 0 Å². The summed E-state index contributed by atoms with van der Waals surface area (Å²) in [7, 11) is -4.61. The van der Waals surface area contributed by atoms with Gasteiger partial charge in [-0.2, -0.15) is 26.3 Å². The standard InChI is InChI=1S/C32H29F8NO4S/c33-23-8-4-19(5-9-23)28-3-1-2-20(28)17-26(42)18-25-12-6-21-16-22(30(43,31(35,36)37)32(38,39)40)7-15-29(21)41(25)46(44,45)27-13-10-24(34)11-14-27/h4-5,7-11,13-16,20,25,28,43H,1-3,6,12,17-18H2/t20-,25-,28-/m0/s1. The summed E-state index contributed by atoms with van der Waals surface area (Å²) in [5, 5.41) is 9.93. The van der Waals surface area contributed by atoms with Crippen LogP contribution >= 0.6 is 0 Å². The molecule has 1 fully saturated rings. The van der Waals surface area contributed by atoms with E-state index >= 15 is 0 Å². The van der Waals surface area contributed by atoms with Crippen molar-refractivity contribution in [1.82, 2.24) is 0 Å². The highest BCUT2D eigenvalue weighted by atomic mass is 32.2. The summed E-state index contributed by atoms with van der Waals surface area (Å²) in [6, 6.07) is 10.2. The zero-order chi connectivity index (χ0) is 33.7. The van der Waals surface area contributed by atoms with Crippen LogP contribution in [0, 0.1) is 17.6 Å². The average Bonchev–Trinajstić information content (AvgIpc) is 3.43. The van der Waals surface area contributed by atoms with Crippen LogP contribution in [0.25, 0.3) is 0 Å². The number of hydrogen-bond donors (Lipinski definition) is 1. The predicted molar refractivity (Wildman–Crippen MR) is 151 cm³/mol. The molecule has 1 heterocycles. The molecular weight excluding hydrogens is 646 g/mol. The second-order valence-corrected chi connectivity index (χ2v) is 13.6. The van der Waals surface area contributed by atoms with E-state index < -0.39 is 56.1 Å². The Hall–Kier alpha value is -3.52. The summed E-state index contributed by atoms with van der Waals surface area (Å²) in [5.74, 6) is -1.56. The van der Waals surface area contributed by atoms with Gasteiger partial charge in [0.2, 0.25) is 0 Å². The fraction of sp³-hybridized carbons (Fsp3) is 0.406. The van der Waals surface area contributed by atoms with Crippen molar-refractivity contribution in [3.63, 3.8) is 0 Å². The molecule has 0 amide bonds. The molecular formula is C32H29F8NO4S. The van der Waals surface area contributed by atoms with Gasteiger partial charge in [0.25, 0.3) is 15.6 Å². The van der Waals surface area contributed by atoms with Crippen LogP contribution in [-0.2, 0) is 26.8 Å². The molecule has 14 heteroatoms. The lowest BCUT2D eigenvalue weighted by Gasteiger charge is -2.39. The zero-order valence-corrected chi connectivity index (χ0v) is 24.9. The number of fused-ring (bicyclic) bond motifs is 1. The van der Waals surface area contributed by atoms with Gasteiger partial charge in [0, 0.05) is 18.4 Å². The largest absolute Gasteiger partial charge is 0.430 e. The van der Waals surface area contributed by atoms with Gasteiger partial charge >= 0.3 is 12.4 Å². The normalized spacial score (nSPS) is 20.9. The second-order valence-electron chi connectivity index (χ2n) is 11.8. The molecule has 0 saturated heterocycles. The van der Waals surface area contributed by atoms with Crippen LogP contribution in [0.1, 0.15) is 61.1 Å².